The fourth-order valence-corrected chi connectivity index (χ4v) is 1.91. The number of benzene rings is 1. The minimum Gasteiger partial charge on any atom is -0.444 e. The second kappa shape index (κ2) is 9.15. The molecular formula is C17H27N3O3. The molecule has 1 aromatic carbocycles. The van der Waals surface area contributed by atoms with Crippen LogP contribution >= 0.6 is 0 Å². The second-order valence-electron chi connectivity index (χ2n) is 6.37. The maximum atomic E-state index is 11.9. The van der Waals surface area contributed by atoms with Gasteiger partial charge in [-0.1, -0.05) is 18.2 Å². The van der Waals surface area contributed by atoms with Crippen molar-refractivity contribution < 1.29 is 14.3 Å². The van der Waals surface area contributed by atoms with E-state index in [0.29, 0.717) is 18.5 Å². The fourth-order valence-electron chi connectivity index (χ4n) is 1.91. The zero-order chi connectivity index (χ0) is 17.3. The average molecular weight is 321 g/mol. The quantitative estimate of drug-likeness (QED) is 0.531. The van der Waals surface area contributed by atoms with Gasteiger partial charge < -0.3 is 21.1 Å². The molecule has 4 N–H and O–H groups in total. The van der Waals surface area contributed by atoms with Crippen molar-refractivity contribution in [1.82, 2.24) is 10.6 Å². The number of carbonyl (C=O) groups excluding carboxylic acids is 2. The van der Waals surface area contributed by atoms with Crippen molar-refractivity contribution in [3.8, 4) is 0 Å². The van der Waals surface area contributed by atoms with Gasteiger partial charge in [-0.25, -0.2) is 4.79 Å². The molecular weight excluding hydrogens is 294 g/mol. The maximum Gasteiger partial charge on any atom is 0.407 e. The predicted molar refractivity (Wildman–Crippen MR) is 90.0 cm³/mol. The Morgan fingerprint density at radius 1 is 1.17 bits per heavy atom. The lowest BCUT2D eigenvalue weighted by molar-refractivity contribution is 0.0527. The molecule has 0 heterocycles. The first-order valence-electron chi connectivity index (χ1n) is 7.86. The van der Waals surface area contributed by atoms with Crippen molar-refractivity contribution in [1.29, 1.82) is 0 Å². The van der Waals surface area contributed by atoms with Crippen LogP contribution in [0, 0.1) is 0 Å². The molecule has 0 fully saturated rings. The first kappa shape index (κ1) is 19.0. The summed E-state index contributed by atoms with van der Waals surface area (Å²) >= 11 is 0. The van der Waals surface area contributed by atoms with Gasteiger partial charge in [0.2, 0.25) is 0 Å². The van der Waals surface area contributed by atoms with E-state index in [9.17, 15) is 9.59 Å². The SMILES string of the molecule is CC(C)(C)OC(=O)NCCCCC(N)NC(=O)c1ccccc1. The Balaban J connectivity index is 2.14. The van der Waals surface area contributed by atoms with Gasteiger partial charge in [0.1, 0.15) is 5.60 Å². The van der Waals surface area contributed by atoms with Crippen LogP contribution in [0.25, 0.3) is 0 Å². The van der Waals surface area contributed by atoms with Crippen LogP contribution in [-0.4, -0.2) is 30.3 Å². The Labute approximate surface area is 137 Å². The van der Waals surface area contributed by atoms with Crippen LogP contribution in [0.4, 0.5) is 4.79 Å². The number of rotatable bonds is 7. The zero-order valence-electron chi connectivity index (χ0n) is 14.1. The summed E-state index contributed by atoms with van der Waals surface area (Å²) in [6.07, 6.45) is 1.40. The van der Waals surface area contributed by atoms with Crippen molar-refractivity contribution in [2.75, 3.05) is 6.54 Å². The summed E-state index contributed by atoms with van der Waals surface area (Å²) in [6, 6.07) is 8.96. The first-order valence-corrected chi connectivity index (χ1v) is 7.86. The van der Waals surface area contributed by atoms with Gasteiger partial charge in [-0.05, 0) is 52.2 Å². The lowest BCUT2D eigenvalue weighted by atomic mass is 10.2. The molecule has 0 aliphatic heterocycles. The van der Waals surface area contributed by atoms with E-state index < -0.39 is 17.9 Å². The molecule has 0 aromatic heterocycles. The monoisotopic (exact) mass is 321 g/mol. The van der Waals surface area contributed by atoms with Gasteiger partial charge in [0.15, 0.2) is 0 Å². The van der Waals surface area contributed by atoms with Crippen molar-refractivity contribution in [3.63, 3.8) is 0 Å². The Morgan fingerprint density at radius 2 is 1.83 bits per heavy atom. The van der Waals surface area contributed by atoms with E-state index in [2.05, 4.69) is 10.6 Å². The summed E-state index contributed by atoms with van der Waals surface area (Å²) in [7, 11) is 0. The molecule has 0 bridgehead atoms. The normalized spacial score (nSPS) is 12.3. The number of carbonyl (C=O) groups is 2. The topological polar surface area (TPSA) is 93.4 Å². The predicted octanol–water partition coefficient (Wildman–Crippen LogP) is 2.40. The number of hydrogen-bond acceptors (Lipinski definition) is 4. The molecule has 1 atom stereocenters. The van der Waals surface area contributed by atoms with Gasteiger partial charge >= 0.3 is 6.09 Å². The molecule has 23 heavy (non-hydrogen) atoms. The molecule has 0 saturated carbocycles. The molecule has 128 valence electrons. The summed E-state index contributed by atoms with van der Waals surface area (Å²) in [4.78, 5) is 23.3. The molecule has 0 aliphatic rings. The van der Waals surface area contributed by atoms with Crippen molar-refractivity contribution >= 4 is 12.0 Å². The minimum atomic E-state index is -0.492. The third kappa shape index (κ3) is 8.83. The Bertz CT molecular complexity index is 498. The smallest absolute Gasteiger partial charge is 0.407 e. The maximum absolute atomic E-state index is 11.9. The van der Waals surface area contributed by atoms with E-state index in [1.165, 1.54) is 0 Å². The number of amides is 2. The average Bonchev–Trinajstić information content (AvgIpc) is 2.46. The standard InChI is InChI=1S/C17H27N3O3/c1-17(2,3)23-16(22)19-12-8-7-11-14(18)20-15(21)13-9-5-4-6-10-13/h4-6,9-10,14H,7-8,11-12,18H2,1-3H3,(H,19,22)(H,20,21). The van der Waals surface area contributed by atoms with Crippen LogP contribution in [0.3, 0.4) is 0 Å². The highest BCUT2D eigenvalue weighted by Crippen LogP contribution is 2.06. The number of unbranched alkanes of at least 4 members (excludes halogenated alkanes) is 1. The lowest BCUT2D eigenvalue weighted by Crippen LogP contribution is -2.41. The molecule has 1 unspecified atom stereocenters. The number of alkyl carbamates (subject to hydrolysis) is 1. The minimum absolute atomic E-state index is 0.176. The highest BCUT2D eigenvalue weighted by Gasteiger charge is 2.15. The molecule has 0 aliphatic carbocycles. The molecule has 6 heteroatoms. The third-order valence-electron chi connectivity index (χ3n) is 2.96. The Kier molecular flexibility index (Phi) is 7.54. The first-order chi connectivity index (χ1) is 10.8. The van der Waals surface area contributed by atoms with Gasteiger partial charge in [-0.3, -0.25) is 4.79 Å². The summed E-state index contributed by atoms with van der Waals surface area (Å²) in [5, 5.41) is 5.44. The van der Waals surface area contributed by atoms with Crippen LogP contribution in [0.5, 0.6) is 0 Å². The van der Waals surface area contributed by atoms with Gasteiger partial charge in [-0.15, -0.1) is 0 Å². The summed E-state index contributed by atoms with van der Waals surface area (Å²) < 4.78 is 5.14. The Morgan fingerprint density at radius 3 is 2.43 bits per heavy atom. The summed E-state index contributed by atoms with van der Waals surface area (Å²) in [5.74, 6) is -0.176. The lowest BCUT2D eigenvalue weighted by Gasteiger charge is -2.19. The van der Waals surface area contributed by atoms with Gasteiger partial charge in [-0.2, -0.15) is 0 Å². The van der Waals surface area contributed by atoms with E-state index in [4.69, 9.17) is 10.5 Å². The highest BCUT2D eigenvalue weighted by molar-refractivity contribution is 5.94. The van der Waals surface area contributed by atoms with Crippen LogP contribution < -0.4 is 16.4 Å². The van der Waals surface area contributed by atoms with E-state index in [0.717, 1.165) is 12.8 Å². The third-order valence-corrected chi connectivity index (χ3v) is 2.96. The van der Waals surface area contributed by atoms with Crippen molar-refractivity contribution in [2.24, 2.45) is 5.73 Å². The molecule has 2 amide bonds. The van der Waals surface area contributed by atoms with Gasteiger partial charge in [0.05, 0.1) is 6.17 Å². The van der Waals surface area contributed by atoms with E-state index in [1.807, 2.05) is 39.0 Å². The van der Waals surface area contributed by atoms with Crippen molar-refractivity contribution in [2.45, 2.75) is 51.8 Å². The van der Waals surface area contributed by atoms with Gasteiger partial charge in [0.25, 0.3) is 5.91 Å². The molecule has 0 spiro atoms. The van der Waals surface area contributed by atoms with Crippen LogP contribution in [0.2, 0.25) is 0 Å². The van der Waals surface area contributed by atoms with E-state index >= 15 is 0 Å². The van der Waals surface area contributed by atoms with Crippen LogP contribution in [0.15, 0.2) is 30.3 Å². The fraction of sp³-hybridized carbons (Fsp3) is 0.529. The van der Waals surface area contributed by atoms with Crippen LogP contribution in [-0.2, 0) is 4.74 Å². The summed E-state index contributed by atoms with van der Waals surface area (Å²) in [5.41, 5.74) is 5.99. The molecule has 1 rings (SSSR count). The van der Waals surface area contributed by atoms with Crippen molar-refractivity contribution in [3.05, 3.63) is 35.9 Å². The molecule has 1 aromatic rings. The molecule has 6 nitrogen and oxygen atoms in total. The number of ether oxygens (including phenoxy) is 1. The van der Waals surface area contributed by atoms with E-state index in [1.54, 1.807) is 12.1 Å². The molecule has 0 saturated heterocycles. The Hall–Kier alpha value is -2.08. The molecule has 0 radical (unpaired) electrons. The highest BCUT2D eigenvalue weighted by atomic mass is 16.6. The second-order valence-corrected chi connectivity index (χ2v) is 6.37. The largest absolute Gasteiger partial charge is 0.444 e. The number of nitrogens with one attached hydrogen (secondary N) is 2. The number of nitrogens with two attached hydrogens (primary N) is 1. The number of hydrogen-bond donors (Lipinski definition) is 3. The van der Waals surface area contributed by atoms with Crippen LogP contribution in [0.1, 0.15) is 50.4 Å². The summed E-state index contributed by atoms with van der Waals surface area (Å²) in [6.45, 7) is 5.98. The van der Waals surface area contributed by atoms with Gasteiger partial charge in [0, 0.05) is 12.1 Å². The van der Waals surface area contributed by atoms with E-state index in [-0.39, 0.29) is 5.91 Å². The zero-order valence-corrected chi connectivity index (χ0v) is 14.1.